The van der Waals surface area contributed by atoms with Gasteiger partial charge in [-0.25, -0.2) is 0 Å². The molecule has 0 radical (unpaired) electrons. The van der Waals surface area contributed by atoms with Crippen LogP contribution in [0.25, 0.3) is 10.8 Å². The molecular formula is C17H24ClLi. The molecule has 0 fully saturated rings. The predicted octanol–water partition coefficient (Wildman–Crippen LogP) is 2.74. The minimum absolute atomic E-state index is 0. The van der Waals surface area contributed by atoms with E-state index in [0.717, 1.165) is 5.92 Å². The van der Waals surface area contributed by atoms with E-state index >= 15 is 0 Å². The van der Waals surface area contributed by atoms with Crippen molar-refractivity contribution in [2.45, 2.75) is 46.0 Å². The molecule has 0 heterocycles. The van der Waals surface area contributed by atoms with Gasteiger partial charge < -0.3 is 0 Å². The van der Waals surface area contributed by atoms with Crippen LogP contribution >= 0.6 is 12.4 Å². The molecule has 0 aromatic heterocycles. The second-order valence-electron chi connectivity index (χ2n) is 5.07. The maximum Gasteiger partial charge on any atom is 1.00 e. The molecule has 19 heavy (non-hydrogen) atoms. The summed E-state index contributed by atoms with van der Waals surface area (Å²) < 4.78 is 0. The molecule has 2 aromatic carbocycles. The van der Waals surface area contributed by atoms with Crippen molar-refractivity contribution in [2.75, 3.05) is 0 Å². The number of hydrogen-bond acceptors (Lipinski definition) is 0. The third-order valence-electron chi connectivity index (χ3n) is 3.82. The molecule has 0 N–H and O–H groups in total. The molecule has 0 aliphatic carbocycles. The van der Waals surface area contributed by atoms with Gasteiger partial charge in [0.15, 0.2) is 0 Å². The molecule has 0 spiro atoms. The number of halogens is 1. The first-order valence-corrected chi connectivity index (χ1v) is 6.98. The fourth-order valence-corrected chi connectivity index (χ4v) is 2.65. The first-order chi connectivity index (χ1) is 8.35. The van der Waals surface area contributed by atoms with Gasteiger partial charge in [0.05, 0.1) is 0 Å². The van der Waals surface area contributed by atoms with Gasteiger partial charge in [-0.2, -0.15) is 6.07 Å². The van der Waals surface area contributed by atoms with Gasteiger partial charge in [0.1, 0.15) is 0 Å². The normalized spacial score (nSPS) is 11.7. The number of rotatable bonds is 6. The van der Waals surface area contributed by atoms with Gasteiger partial charge in [0.2, 0.25) is 0 Å². The van der Waals surface area contributed by atoms with E-state index in [-0.39, 0.29) is 31.3 Å². The Bertz CT molecular complexity index is 461. The molecular weight excluding hydrogens is 247 g/mol. The molecule has 0 bridgehead atoms. The zero-order chi connectivity index (χ0) is 12.1. The molecule has 1 atom stereocenters. The summed E-state index contributed by atoms with van der Waals surface area (Å²) in [6, 6.07) is 13.3. The zero-order valence-electron chi connectivity index (χ0n) is 12.5. The summed E-state index contributed by atoms with van der Waals surface area (Å²) in [5, 5.41) is 2.86. The van der Waals surface area contributed by atoms with Crippen molar-refractivity contribution in [1.29, 1.82) is 0 Å². The molecule has 0 saturated heterocycles. The van der Waals surface area contributed by atoms with Crippen LogP contribution in [-0.2, 0) is 6.42 Å². The van der Waals surface area contributed by atoms with E-state index in [1.165, 1.54) is 42.9 Å². The Balaban J connectivity index is 0.00000162. The standard InChI is InChI=1S/C17H23.ClH.Li/c1-3-5-8-14(4-2)13-16-12-11-15-9-6-7-10-17(15)16;;/h6-7,9-12,14H,3-5,8,13H2,1-2H3;1H;/q-1;;+1. The fraction of sp³-hybridized carbons (Fsp3) is 0.471. The average Bonchev–Trinajstić information content (AvgIpc) is 2.78. The summed E-state index contributed by atoms with van der Waals surface area (Å²) in [5.74, 6) is 0.862. The van der Waals surface area contributed by atoms with Crippen molar-refractivity contribution in [3.63, 3.8) is 0 Å². The maximum atomic E-state index is 2.32. The van der Waals surface area contributed by atoms with Gasteiger partial charge in [0, 0.05) is 0 Å². The molecule has 100 valence electrons. The zero-order valence-corrected chi connectivity index (χ0v) is 13.3. The smallest absolute Gasteiger partial charge is 0.168 e. The van der Waals surface area contributed by atoms with Gasteiger partial charge in [-0.15, -0.1) is 53.0 Å². The third-order valence-corrected chi connectivity index (χ3v) is 3.82. The molecule has 0 aliphatic rings. The van der Waals surface area contributed by atoms with Crippen LogP contribution in [0.5, 0.6) is 0 Å². The van der Waals surface area contributed by atoms with Crippen molar-refractivity contribution in [1.82, 2.24) is 0 Å². The Morgan fingerprint density at radius 3 is 2.53 bits per heavy atom. The first kappa shape index (κ1) is 18.7. The molecule has 0 amide bonds. The topological polar surface area (TPSA) is 0 Å². The van der Waals surface area contributed by atoms with Crippen LogP contribution in [-0.4, -0.2) is 0 Å². The van der Waals surface area contributed by atoms with E-state index in [0.29, 0.717) is 0 Å². The van der Waals surface area contributed by atoms with Crippen molar-refractivity contribution in [3.8, 4) is 0 Å². The van der Waals surface area contributed by atoms with Crippen LogP contribution in [0.4, 0.5) is 0 Å². The Morgan fingerprint density at radius 1 is 1.11 bits per heavy atom. The molecule has 2 aromatic rings. The van der Waals surface area contributed by atoms with Gasteiger partial charge >= 0.3 is 18.9 Å². The summed E-state index contributed by atoms with van der Waals surface area (Å²) in [6.45, 7) is 4.61. The monoisotopic (exact) mass is 270 g/mol. The maximum absolute atomic E-state index is 2.32. The Labute approximate surface area is 135 Å². The summed E-state index contributed by atoms with van der Waals surface area (Å²) in [4.78, 5) is 0. The van der Waals surface area contributed by atoms with Crippen molar-refractivity contribution in [3.05, 3.63) is 42.0 Å². The van der Waals surface area contributed by atoms with Gasteiger partial charge in [-0.1, -0.05) is 52.0 Å². The molecule has 0 aliphatic heterocycles. The predicted molar refractivity (Wildman–Crippen MR) is 83.8 cm³/mol. The number of unbranched alkanes of at least 4 members (excludes halogenated alkanes) is 1. The van der Waals surface area contributed by atoms with Crippen LogP contribution < -0.4 is 18.9 Å². The molecule has 2 heteroatoms. The van der Waals surface area contributed by atoms with Crippen molar-refractivity contribution in [2.24, 2.45) is 5.92 Å². The number of hydrogen-bond donors (Lipinski definition) is 0. The van der Waals surface area contributed by atoms with E-state index in [2.05, 4.69) is 50.2 Å². The molecule has 0 nitrogen and oxygen atoms in total. The van der Waals surface area contributed by atoms with E-state index in [9.17, 15) is 0 Å². The van der Waals surface area contributed by atoms with Gasteiger partial charge in [0.25, 0.3) is 0 Å². The van der Waals surface area contributed by atoms with Gasteiger partial charge in [-0.05, 0) is 5.92 Å². The number of benzene rings is 1. The fourth-order valence-electron chi connectivity index (χ4n) is 2.65. The minimum Gasteiger partial charge on any atom is -0.168 e. The second-order valence-corrected chi connectivity index (χ2v) is 5.07. The molecule has 2 rings (SSSR count). The third kappa shape index (κ3) is 4.96. The van der Waals surface area contributed by atoms with Crippen LogP contribution in [0.1, 0.15) is 45.1 Å². The first-order valence-electron chi connectivity index (χ1n) is 6.98. The Morgan fingerprint density at radius 2 is 1.84 bits per heavy atom. The van der Waals surface area contributed by atoms with Crippen molar-refractivity contribution >= 4 is 23.2 Å². The Kier molecular flexibility index (Phi) is 9.45. The molecule has 0 saturated carbocycles. The summed E-state index contributed by atoms with van der Waals surface area (Å²) in [6.07, 6.45) is 6.63. The molecule has 1 unspecified atom stereocenters. The summed E-state index contributed by atoms with van der Waals surface area (Å²) in [5.41, 5.74) is 1.54. The number of fused-ring (bicyclic) bond motifs is 1. The summed E-state index contributed by atoms with van der Waals surface area (Å²) in [7, 11) is 0. The van der Waals surface area contributed by atoms with E-state index in [4.69, 9.17) is 0 Å². The second kappa shape index (κ2) is 9.59. The largest absolute Gasteiger partial charge is 1.00 e. The van der Waals surface area contributed by atoms with Crippen LogP contribution in [0.2, 0.25) is 0 Å². The van der Waals surface area contributed by atoms with E-state index in [1.807, 2.05) is 0 Å². The van der Waals surface area contributed by atoms with Crippen LogP contribution in [0.3, 0.4) is 0 Å². The van der Waals surface area contributed by atoms with Crippen molar-refractivity contribution < 1.29 is 18.9 Å². The summed E-state index contributed by atoms with van der Waals surface area (Å²) >= 11 is 0. The SMILES string of the molecule is CCCCC(CC)C[c-]1ccc2ccccc21.Cl.[Li+]. The van der Waals surface area contributed by atoms with Gasteiger partial charge in [-0.3, -0.25) is 0 Å². The Hall–Kier alpha value is -0.283. The average molecular weight is 271 g/mol. The van der Waals surface area contributed by atoms with Crippen LogP contribution in [0, 0.1) is 5.92 Å². The van der Waals surface area contributed by atoms with E-state index in [1.54, 1.807) is 5.56 Å². The van der Waals surface area contributed by atoms with E-state index < -0.39 is 0 Å². The van der Waals surface area contributed by atoms with Crippen LogP contribution in [0.15, 0.2) is 36.4 Å². The minimum atomic E-state index is 0. The quantitative estimate of drug-likeness (QED) is 0.559.